The molecule has 0 aliphatic rings. The van der Waals surface area contributed by atoms with Crippen molar-refractivity contribution < 1.29 is 13.3 Å². The average Bonchev–Trinajstić information content (AvgIpc) is 2.61. The van der Waals surface area contributed by atoms with E-state index in [1.54, 1.807) is 30.3 Å². The zero-order valence-corrected chi connectivity index (χ0v) is 8.21. The summed E-state index contributed by atoms with van der Waals surface area (Å²) in [6.45, 7) is 0. The summed E-state index contributed by atoms with van der Waals surface area (Å²) in [6.07, 6.45) is -2.70. The van der Waals surface area contributed by atoms with Gasteiger partial charge in [0, 0.05) is 5.56 Å². The summed E-state index contributed by atoms with van der Waals surface area (Å²) < 4.78 is 30.0. The zero-order valence-electron chi connectivity index (χ0n) is 7.45. The van der Waals surface area contributed by atoms with Crippen molar-refractivity contribution in [3.63, 3.8) is 0 Å². The van der Waals surface area contributed by atoms with Crippen LogP contribution in [0.3, 0.4) is 0 Å². The third-order valence-electron chi connectivity index (χ3n) is 1.94. The van der Waals surface area contributed by atoms with Crippen LogP contribution in [0.25, 0.3) is 11.3 Å². The molecule has 0 unspecified atom stereocenters. The topological polar surface area (TPSA) is 26.0 Å². The van der Waals surface area contributed by atoms with Crippen molar-refractivity contribution >= 4 is 11.6 Å². The van der Waals surface area contributed by atoms with Crippen LogP contribution in [-0.2, 0) is 0 Å². The molecule has 1 aromatic heterocycles. The van der Waals surface area contributed by atoms with E-state index in [1.165, 1.54) is 0 Å². The Kier molecular flexibility index (Phi) is 2.68. The lowest BCUT2D eigenvalue weighted by atomic mass is 10.1. The highest BCUT2D eigenvalue weighted by Gasteiger charge is 2.23. The number of halogens is 3. The summed E-state index contributed by atoms with van der Waals surface area (Å²) in [5.41, 5.74) is 0.176. The molecule has 15 heavy (non-hydrogen) atoms. The van der Waals surface area contributed by atoms with Gasteiger partial charge < -0.3 is 4.52 Å². The maximum Gasteiger partial charge on any atom is 0.270 e. The molecule has 1 heterocycles. The Morgan fingerprint density at radius 2 is 1.87 bits per heavy atom. The van der Waals surface area contributed by atoms with Gasteiger partial charge in [0.05, 0.1) is 0 Å². The number of rotatable bonds is 2. The molecule has 2 rings (SSSR count). The molecule has 2 nitrogen and oxygen atoms in total. The van der Waals surface area contributed by atoms with Gasteiger partial charge in [-0.1, -0.05) is 47.1 Å². The fourth-order valence-electron chi connectivity index (χ4n) is 1.26. The predicted molar refractivity (Wildman–Crippen MR) is 51.9 cm³/mol. The molecule has 0 radical (unpaired) electrons. The molecular weight excluding hydrogens is 224 g/mol. The molecule has 1 aromatic carbocycles. The highest BCUT2D eigenvalue weighted by molar-refractivity contribution is 6.30. The number of hydrogen-bond acceptors (Lipinski definition) is 2. The smallest absolute Gasteiger partial charge is 0.270 e. The summed E-state index contributed by atoms with van der Waals surface area (Å²) in [5.74, 6) is 0.0237. The van der Waals surface area contributed by atoms with Crippen molar-refractivity contribution in [3.05, 3.63) is 41.0 Å². The molecule has 0 N–H and O–H groups in total. The summed E-state index contributed by atoms with van der Waals surface area (Å²) >= 11 is 5.50. The van der Waals surface area contributed by atoms with Crippen LogP contribution in [0.4, 0.5) is 8.78 Å². The average molecular weight is 230 g/mol. The number of benzene rings is 1. The van der Waals surface area contributed by atoms with Gasteiger partial charge in [-0.25, -0.2) is 8.78 Å². The number of alkyl halides is 2. The molecule has 78 valence electrons. The van der Waals surface area contributed by atoms with Gasteiger partial charge in [0.15, 0.2) is 10.9 Å². The van der Waals surface area contributed by atoms with Crippen LogP contribution in [-0.4, -0.2) is 5.16 Å². The SMILES string of the molecule is FC(F)c1c(Cl)noc1-c1ccccc1. The standard InChI is InChI=1S/C10H6ClF2NO/c11-9-7(10(12)13)8(15-14-9)6-4-2-1-3-5-6/h1-5,10H. The lowest BCUT2D eigenvalue weighted by Gasteiger charge is -1.99. The van der Waals surface area contributed by atoms with E-state index in [-0.39, 0.29) is 16.5 Å². The summed E-state index contributed by atoms with van der Waals surface area (Å²) in [4.78, 5) is 0. The molecule has 5 heteroatoms. The van der Waals surface area contributed by atoms with E-state index in [2.05, 4.69) is 5.16 Å². The highest BCUT2D eigenvalue weighted by Crippen LogP contribution is 2.35. The molecule has 0 saturated carbocycles. The molecule has 0 spiro atoms. The monoisotopic (exact) mass is 229 g/mol. The molecule has 0 bridgehead atoms. The van der Waals surface area contributed by atoms with Gasteiger partial charge >= 0.3 is 0 Å². The van der Waals surface area contributed by atoms with Crippen LogP contribution < -0.4 is 0 Å². The quantitative estimate of drug-likeness (QED) is 0.780. The van der Waals surface area contributed by atoms with Crippen LogP contribution in [0.15, 0.2) is 34.9 Å². The van der Waals surface area contributed by atoms with E-state index in [0.29, 0.717) is 5.56 Å². The van der Waals surface area contributed by atoms with E-state index < -0.39 is 6.43 Å². The lowest BCUT2D eigenvalue weighted by Crippen LogP contribution is -1.85. The van der Waals surface area contributed by atoms with E-state index in [9.17, 15) is 8.78 Å². The Balaban J connectivity index is 2.54. The van der Waals surface area contributed by atoms with Crippen molar-refractivity contribution in [1.82, 2.24) is 5.16 Å². The van der Waals surface area contributed by atoms with Crippen LogP contribution >= 0.6 is 11.6 Å². The first kappa shape index (κ1) is 10.1. The fraction of sp³-hybridized carbons (Fsp3) is 0.100. The molecule has 0 aliphatic carbocycles. The van der Waals surface area contributed by atoms with Crippen molar-refractivity contribution in [1.29, 1.82) is 0 Å². The zero-order chi connectivity index (χ0) is 10.8. The minimum Gasteiger partial charge on any atom is -0.354 e. The van der Waals surface area contributed by atoms with Gasteiger partial charge in [-0.05, 0) is 0 Å². The van der Waals surface area contributed by atoms with Crippen molar-refractivity contribution in [3.8, 4) is 11.3 Å². The van der Waals surface area contributed by atoms with E-state index in [0.717, 1.165) is 0 Å². The number of hydrogen-bond donors (Lipinski definition) is 0. The predicted octanol–water partition coefficient (Wildman–Crippen LogP) is 3.93. The molecule has 2 aromatic rings. The molecule has 0 saturated heterocycles. The maximum absolute atomic E-state index is 12.6. The van der Waals surface area contributed by atoms with E-state index in [4.69, 9.17) is 16.1 Å². The summed E-state index contributed by atoms with van der Waals surface area (Å²) in [5, 5.41) is 3.04. The lowest BCUT2D eigenvalue weighted by molar-refractivity contribution is 0.151. The number of nitrogens with zero attached hydrogens (tertiary/aromatic N) is 1. The van der Waals surface area contributed by atoms with Crippen LogP contribution in [0.1, 0.15) is 12.0 Å². The van der Waals surface area contributed by atoms with Gasteiger partial charge in [0.2, 0.25) is 0 Å². The Bertz CT molecular complexity index is 456. The van der Waals surface area contributed by atoms with Gasteiger partial charge in [-0.2, -0.15) is 0 Å². The maximum atomic E-state index is 12.6. The Morgan fingerprint density at radius 3 is 2.47 bits per heavy atom. The fourth-order valence-corrected chi connectivity index (χ4v) is 1.47. The van der Waals surface area contributed by atoms with Crippen molar-refractivity contribution in [2.24, 2.45) is 0 Å². The third-order valence-corrected chi connectivity index (χ3v) is 2.21. The van der Waals surface area contributed by atoms with Gasteiger partial charge in [0.25, 0.3) is 6.43 Å². The first-order valence-electron chi connectivity index (χ1n) is 4.19. The van der Waals surface area contributed by atoms with E-state index in [1.807, 2.05) is 0 Å². The minimum atomic E-state index is -2.70. The van der Waals surface area contributed by atoms with Gasteiger partial charge in [-0.15, -0.1) is 0 Å². The van der Waals surface area contributed by atoms with Crippen LogP contribution in [0.2, 0.25) is 5.15 Å². The second-order valence-electron chi connectivity index (χ2n) is 2.88. The largest absolute Gasteiger partial charge is 0.354 e. The number of aromatic nitrogens is 1. The molecule has 0 aliphatic heterocycles. The van der Waals surface area contributed by atoms with Gasteiger partial charge in [0.1, 0.15) is 5.56 Å². The molecule has 0 fully saturated rings. The van der Waals surface area contributed by atoms with Crippen LogP contribution in [0, 0.1) is 0 Å². The minimum absolute atomic E-state index is 0.0237. The Labute approximate surface area is 89.5 Å². The Hall–Kier alpha value is -1.42. The molecular formula is C10H6ClF2NO. The molecule has 0 amide bonds. The summed E-state index contributed by atoms with van der Waals surface area (Å²) in [6, 6.07) is 8.54. The first-order chi connectivity index (χ1) is 7.20. The second kappa shape index (κ2) is 3.98. The van der Waals surface area contributed by atoms with Crippen molar-refractivity contribution in [2.45, 2.75) is 6.43 Å². The van der Waals surface area contributed by atoms with Crippen molar-refractivity contribution in [2.75, 3.05) is 0 Å². The normalized spacial score (nSPS) is 10.9. The third kappa shape index (κ3) is 1.85. The molecule has 0 atom stereocenters. The first-order valence-corrected chi connectivity index (χ1v) is 4.56. The Morgan fingerprint density at radius 1 is 1.20 bits per heavy atom. The summed E-state index contributed by atoms with van der Waals surface area (Å²) in [7, 11) is 0. The van der Waals surface area contributed by atoms with E-state index >= 15 is 0 Å². The second-order valence-corrected chi connectivity index (χ2v) is 3.24. The highest BCUT2D eigenvalue weighted by atomic mass is 35.5. The van der Waals surface area contributed by atoms with Gasteiger partial charge in [-0.3, -0.25) is 0 Å². The van der Waals surface area contributed by atoms with Crippen LogP contribution in [0.5, 0.6) is 0 Å².